The van der Waals surface area contributed by atoms with Crippen LogP contribution in [0.3, 0.4) is 0 Å². The van der Waals surface area contributed by atoms with E-state index in [1.165, 1.54) is 25.3 Å². The largest absolute Gasteiger partial charge is 0.496 e. The Morgan fingerprint density at radius 1 is 1.28 bits per heavy atom. The van der Waals surface area contributed by atoms with Gasteiger partial charge in [0.2, 0.25) is 0 Å². The van der Waals surface area contributed by atoms with Crippen LogP contribution >= 0.6 is 11.6 Å². The zero-order valence-electron chi connectivity index (χ0n) is 13.1. The summed E-state index contributed by atoms with van der Waals surface area (Å²) in [6.45, 7) is 0. The third-order valence-corrected chi connectivity index (χ3v) is 3.91. The van der Waals surface area contributed by atoms with E-state index in [1.54, 1.807) is 24.3 Å². The van der Waals surface area contributed by atoms with Crippen molar-refractivity contribution in [1.82, 2.24) is 15.2 Å². The summed E-state index contributed by atoms with van der Waals surface area (Å²) in [6.07, 6.45) is 0. The van der Waals surface area contributed by atoms with Crippen LogP contribution in [0, 0.1) is 10.1 Å². The van der Waals surface area contributed by atoms with E-state index in [4.69, 9.17) is 22.1 Å². The van der Waals surface area contributed by atoms with E-state index in [0.29, 0.717) is 22.2 Å². The molecule has 1 aromatic heterocycles. The molecule has 0 radical (unpaired) electrons. The number of hydrogen-bond donors (Lipinski definition) is 2. The summed E-state index contributed by atoms with van der Waals surface area (Å²) in [5.74, 6) is 1.11. The number of nitro benzene ring substituents is 1. The van der Waals surface area contributed by atoms with Gasteiger partial charge in [-0.15, -0.1) is 0 Å². The van der Waals surface area contributed by atoms with E-state index in [2.05, 4.69) is 15.2 Å². The second-order valence-electron chi connectivity index (χ2n) is 5.22. The number of nitrogens with one attached hydrogen (secondary N) is 1. The average molecular weight is 360 g/mol. The molecule has 3 aromatic rings. The Labute approximate surface area is 147 Å². The van der Waals surface area contributed by atoms with Gasteiger partial charge in [0.15, 0.2) is 5.82 Å². The summed E-state index contributed by atoms with van der Waals surface area (Å²) >= 11 is 5.87. The van der Waals surface area contributed by atoms with Crippen molar-refractivity contribution in [3.63, 3.8) is 0 Å². The Hall–Kier alpha value is -2.97. The Morgan fingerprint density at radius 2 is 2.00 bits per heavy atom. The summed E-state index contributed by atoms with van der Waals surface area (Å²) in [4.78, 5) is 14.9. The molecular weight excluding hydrogens is 346 g/mol. The number of hydrogen-bond acceptors (Lipinski definition) is 6. The molecule has 0 amide bonds. The lowest BCUT2D eigenvalue weighted by Gasteiger charge is -2.08. The van der Waals surface area contributed by atoms with Gasteiger partial charge in [0.25, 0.3) is 5.69 Å². The van der Waals surface area contributed by atoms with E-state index in [-0.39, 0.29) is 11.5 Å². The van der Waals surface area contributed by atoms with Crippen molar-refractivity contribution in [2.45, 2.75) is 6.04 Å². The van der Waals surface area contributed by atoms with Crippen LogP contribution in [0.2, 0.25) is 5.02 Å². The Kier molecular flexibility index (Phi) is 4.64. The number of nitro groups is 1. The molecule has 8 nitrogen and oxygen atoms in total. The summed E-state index contributed by atoms with van der Waals surface area (Å²) < 4.78 is 5.24. The summed E-state index contributed by atoms with van der Waals surface area (Å²) in [5, 5.41) is 18.5. The number of methoxy groups -OCH3 is 1. The molecule has 9 heteroatoms. The molecule has 0 spiro atoms. The average Bonchev–Trinajstić information content (AvgIpc) is 3.11. The lowest BCUT2D eigenvalue weighted by Crippen LogP contribution is -2.13. The minimum atomic E-state index is -0.539. The van der Waals surface area contributed by atoms with Crippen LogP contribution in [0.4, 0.5) is 5.69 Å². The topological polar surface area (TPSA) is 120 Å². The Balaban J connectivity index is 1.97. The molecular formula is C16H14ClN5O3. The van der Waals surface area contributed by atoms with E-state index in [1.807, 2.05) is 0 Å². The number of aromatic nitrogens is 3. The van der Waals surface area contributed by atoms with Crippen molar-refractivity contribution in [1.29, 1.82) is 0 Å². The van der Waals surface area contributed by atoms with Gasteiger partial charge in [0.05, 0.1) is 23.6 Å². The van der Waals surface area contributed by atoms with Gasteiger partial charge in [-0.1, -0.05) is 23.7 Å². The molecule has 0 aliphatic heterocycles. The number of non-ortho nitro benzene ring substituents is 1. The molecule has 0 bridgehead atoms. The van der Waals surface area contributed by atoms with Gasteiger partial charge in [0.1, 0.15) is 11.6 Å². The zero-order valence-corrected chi connectivity index (χ0v) is 13.9. The molecule has 1 atom stereocenters. The summed E-state index contributed by atoms with van der Waals surface area (Å²) in [7, 11) is 1.47. The quantitative estimate of drug-likeness (QED) is 0.533. The predicted octanol–water partition coefficient (Wildman–Crippen LogP) is 3.09. The molecule has 0 saturated heterocycles. The van der Waals surface area contributed by atoms with Gasteiger partial charge in [0, 0.05) is 17.2 Å². The van der Waals surface area contributed by atoms with Crippen LogP contribution in [0.25, 0.3) is 11.4 Å². The third kappa shape index (κ3) is 3.44. The molecule has 1 heterocycles. The Bertz CT molecular complexity index is 910. The molecule has 3 N–H and O–H groups in total. The standard InChI is InChI=1S/C16H14ClN5O3/c1-25-13-7-6-11(22(23)24)8-12(13)15-19-16(21-20-15)14(18)9-2-4-10(17)5-3-9/h2-8,14H,18H2,1H3,(H,19,20,21)/t14-/m0/s1. The molecule has 0 unspecified atom stereocenters. The minimum absolute atomic E-state index is 0.0795. The second-order valence-corrected chi connectivity index (χ2v) is 5.65. The number of benzene rings is 2. The first kappa shape index (κ1) is 16.9. The minimum Gasteiger partial charge on any atom is -0.496 e. The van der Waals surface area contributed by atoms with Crippen molar-refractivity contribution < 1.29 is 9.66 Å². The van der Waals surface area contributed by atoms with Gasteiger partial charge < -0.3 is 10.5 Å². The molecule has 0 saturated carbocycles. The third-order valence-electron chi connectivity index (χ3n) is 3.66. The van der Waals surface area contributed by atoms with Crippen molar-refractivity contribution in [2.24, 2.45) is 5.73 Å². The van der Waals surface area contributed by atoms with Crippen LogP contribution in [0.1, 0.15) is 17.4 Å². The normalized spacial score (nSPS) is 12.0. The van der Waals surface area contributed by atoms with Gasteiger partial charge >= 0.3 is 0 Å². The molecule has 0 aliphatic rings. The lowest BCUT2D eigenvalue weighted by atomic mass is 10.1. The van der Waals surface area contributed by atoms with Gasteiger partial charge in [-0.2, -0.15) is 5.10 Å². The Morgan fingerprint density at radius 3 is 2.64 bits per heavy atom. The van der Waals surface area contributed by atoms with Crippen molar-refractivity contribution >= 4 is 17.3 Å². The number of halogens is 1. The maximum absolute atomic E-state index is 11.0. The number of aromatic amines is 1. The number of H-pyrrole nitrogens is 1. The molecule has 128 valence electrons. The first-order valence-electron chi connectivity index (χ1n) is 7.25. The fraction of sp³-hybridized carbons (Fsp3) is 0.125. The SMILES string of the molecule is COc1ccc([N+](=O)[O-])cc1-c1n[nH]c([C@@H](N)c2ccc(Cl)cc2)n1. The second kappa shape index (κ2) is 6.88. The summed E-state index contributed by atoms with van der Waals surface area (Å²) in [6, 6.07) is 10.7. The molecule has 0 aliphatic carbocycles. The van der Waals surface area contributed by atoms with E-state index < -0.39 is 11.0 Å². The molecule has 0 fully saturated rings. The van der Waals surface area contributed by atoms with Crippen molar-refractivity contribution in [3.8, 4) is 17.1 Å². The molecule has 2 aromatic carbocycles. The van der Waals surface area contributed by atoms with Crippen LogP contribution in [-0.2, 0) is 0 Å². The number of rotatable bonds is 5. The van der Waals surface area contributed by atoms with E-state index >= 15 is 0 Å². The number of nitrogens with zero attached hydrogens (tertiary/aromatic N) is 3. The van der Waals surface area contributed by atoms with Crippen molar-refractivity contribution in [2.75, 3.05) is 7.11 Å². The van der Waals surface area contributed by atoms with Gasteiger partial charge in [-0.25, -0.2) is 4.98 Å². The first-order valence-corrected chi connectivity index (χ1v) is 7.63. The number of ether oxygens (including phenoxy) is 1. The van der Waals surface area contributed by atoms with Gasteiger partial charge in [-0.05, 0) is 23.8 Å². The van der Waals surface area contributed by atoms with Crippen LogP contribution in [-0.4, -0.2) is 27.2 Å². The van der Waals surface area contributed by atoms with Crippen LogP contribution in [0.15, 0.2) is 42.5 Å². The maximum Gasteiger partial charge on any atom is 0.270 e. The molecule has 25 heavy (non-hydrogen) atoms. The summed E-state index contributed by atoms with van der Waals surface area (Å²) in [5.41, 5.74) is 7.32. The monoisotopic (exact) mass is 359 g/mol. The highest BCUT2D eigenvalue weighted by atomic mass is 35.5. The van der Waals surface area contributed by atoms with E-state index in [0.717, 1.165) is 5.56 Å². The first-order chi connectivity index (χ1) is 12.0. The lowest BCUT2D eigenvalue weighted by molar-refractivity contribution is -0.384. The highest BCUT2D eigenvalue weighted by Crippen LogP contribution is 2.32. The van der Waals surface area contributed by atoms with E-state index in [9.17, 15) is 10.1 Å². The zero-order chi connectivity index (χ0) is 18.0. The van der Waals surface area contributed by atoms with Crippen LogP contribution < -0.4 is 10.5 Å². The van der Waals surface area contributed by atoms with Crippen LogP contribution in [0.5, 0.6) is 5.75 Å². The fourth-order valence-corrected chi connectivity index (χ4v) is 2.47. The fourth-order valence-electron chi connectivity index (χ4n) is 2.35. The number of nitrogens with two attached hydrogens (primary N) is 1. The maximum atomic E-state index is 11.0. The van der Waals surface area contributed by atoms with Crippen molar-refractivity contribution in [3.05, 3.63) is 69.0 Å². The molecule has 3 rings (SSSR count). The predicted molar refractivity (Wildman–Crippen MR) is 92.5 cm³/mol. The van der Waals surface area contributed by atoms with Gasteiger partial charge in [-0.3, -0.25) is 15.2 Å². The highest BCUT2D eigenvalue weighted by Gasteiger charge is 2.19. The smallest absolute Gasteiger partial charge is 0.270 e. The highest BCUT2D eigenvalue weighted by molar-refractivity contribution is 6.30.